The molecule has 0 saturated carbocycles. The Morgan fingerprint density at radius 2 is 1.69 bits per heavy atom. The highest BCUT2D eigenvalue weighted by Crippen LogP contribution is 2.27. The number of benzene rings is 1. The van der Waals surface area contributed by atoms with Gasteiger partial charge in [-0.1, -0.05) is 11.8 Å². The van der Waals surface area contributed by atoms with Crippen LogP contribution in [0.15, 0.2) is 23.4 Å². The summed E-state index contributed by atoms with van der Waals surface area (Å²) in [5.41, 5.74) is 0.700. The molecule has 8 nitrogen and oxygen atoms in total. The molecule has 1 amide bonds. The van der Waals surface area contributed by atoms with Gasteiger partial charge in [-0.15, -0.1) is 5.10 Å². The fourth-order valence-corrected chi connectivity index (χ4v) is 3.48. The second-order valence-corrected chi connectivity index (χ2v) is 7.16. The van der Waals surface area contributed by atoms with Crippen molar-refractivity contribution < 1.29 is 14.3 Å². The third kappa shape index (κ3) is 4.66. The lowest BCUT2D eigenvalue weighted by atomic mass is 10.2. The lowest BCUT2D eigenvalue weighted by molar-refractivity contribution is -0.131. The zero-order valence-corrected chi connectivity index (χ0v) is 16.8. The first-order chi connectivity index (χ1) is 12.4. The highest BCUT2D eigenvalue weighted by atomic mass is 32.2. The van der Waals surface area contributed by atoms with Crippen LogP contribution in [0.25, 0.3) is 5.69 Å². The molecule has 0 atom stereocenters. The summed E-state index contributed by atoms with van der Waals surface area (Å²) < 4.78 is 12.1. The van der Waals surface area contributed by atoms with Crippen molar-refractivity contribution in [1.29, 1.82) is 0 Å². The number of tetrazole rings is 1. The van der Waals surface area contributed by atoms with Crippen LogP contribution in [0.4, 0.5) is 0 Å². The molecule has 0 aliphatic heterocycles. The van der Waals surface area contributed by atoms with Crippen LogP contribution in [-0.4, -0.2) is 63.1 Å². The topological polar surface area (TPSA) is 82.4 Å². The van der Waals surface area contributed by atoms with Crippen LogP contribution in [0.2, 0.25) is 0 Å². The van der Waals surface area contributed by atoms with Gasteiger partial charge in [-0.2, -0.15) is 4.68 Å². The summed E-state index contributed by atoms with van der Waals surface area (Å²) >= 11 is 1.30. The monoisotopic (exact) mass is 379 g/mol. The van der Waals surface area contributed by atoms with Crippen molar-refractivity contribution in [2.75, 3.05) is 20.0 Å². The molecule has 0 bridgehead atoms. The molecule has 2 rings (SSSR count). The molecule has 0 aliphatic carbocycles. The summed E-state index contributed by atoms with van der Waals surface area (Å²) in [6.45, 7) is 8.04. The number of amides is 1. The van der Waals surface area contributed by atoms with Crippen LogP contribution >= 0.6 is 11.8 Å². The molecule has 0 saturated heterocycles. The van der Waals surface area contributed by atoms with Crippen molar-refractivity contribution in [3.8, 4) is 17.2 Å². The van der Waals surface area contributed by atoms with Gasteiger partial charge in [0, 0.05) is 30.3 Å². The summed E-state index contributed by atoms with van der Waals surface area (Å²) in [5, 5.41) is 12.3. The van der Waals surface area contributed by atoms with Crippen molar-refractivity contribution in [1.82, 2.24) is 25.1 Å². The Balaban J connectivity index is 2.20. The summed E-state index contributed by atoms with van der Waals surface area (Å²) in [7, 11) is 3.16. The van der Waals surface area contributed by atoms with Crippen molar-refractivity contribution in [2.45, 2.75) is 44.9 Å². The lowest BCUT2D eigenvalue weighted by Gasteiger charge is -2.30. The number of ether oxygens (including phenoxy) is 2. The van der Waals surface area contributed by atoms with Crippen molar-refractivity contribution >= 4 is 17.7 Å². The van der Waals surface area contributed by atoms with Gasteiger partial charge in [-0.3, -0.25) is 4.79 Å². The van der Waals surface area contributed by atoms with E-state index in [-0.39, 0.29) is 23.7 Å². The Hall–Kier alpha value is -2.29. The van der Waals surface area contributed by atoms with Gasteiger partial charge in [0.2, 0.25) is 11.1 Å². The van der Waals surface area contributed by atoms with Gasteiger partial charge >= 0.3 is 0 Å². The van der Waals surface area contributed by atoms with E-state index in [1.54, 1.807) is 37.1 Å². The van der Waals surface area contributed by atoms with E-state index in [1.807, 2.05) is 32.6 Å². The number of nitrogens with zero attached hydrogens (tertiary/aromatic N) is 5. The standard InChI is InChI=1S/C17H25N5O3S/c1-11(2)21(12(3)4)16(23)10-26-17-18-19-20-22(17)13-7-14(24-5)9-15(8-13)25-6/h7-9,11-12H,10H2,1-6H3. The van der Waals surface area contributed by atoms with Crippen molar-refractivity contribution in [3.05, 3.63) is 18.2 Å². The number of carbonyl (C=O) groups is 1. The maximum Gasteiger partial charge on any atom is 0.233 e. The molecule has 142 valence electrons. The second kappa shape index (κ2) is 8.88. The molecule has 0 radical (unpaired) electrons. The molecule has 26 heavy (non-hydrogen) atoms. The predicted molar refractivity (Wildman–Crippen MR) is 100 cm³/mol. The van der Waals surface area contributed by atoms with E-state index in [2.05, 4.69) is 15.5 Å². The fourth-order valence-electron chi connectivity index (χ4n) is 2.72. The first-order valence-corrected chi connectivity index (χ1v) is 9.31. The van der Waals surface area contributed by atoms with Gasteiger partial charge in [0.1, 0.15) is 11.5 Å². The minimum Gasteiger partial charge on any atom is -0.497 e. The predicted octanol–water partition coefficient (Wildman–Crippen LogP) is 2.42. The molecule has 0 unspecified atom stereocenters. The number of hydrogen-bond acceptors (Lipinski definition) is 7. The van der Waals surface area contributed by atoms with Crippen molar-refractivity contribution in [3.63, 3.8) is 0 Å². The van der Waals surface area contributed by atoms with Gasteiger partial charge in [-0.25, -0.2) is 0 Å². The number of thioether (sulfide) groups is 1. The first kappa shape index (κ1) is 20.0. The lowest BCUT2D eigenvalue weighted by Crippen LogP contribution is -2.43. The molecule has 1 aromatic carbocycles. The van der Waals surface area contributed by atoms with Crippen LogP contribution in [0, 0.1) is 0 Å². The van der Waals surface area contributed by atoms with E-state index in [0.29, 0.717) is 22.3 Å². The smallest absolute Gasteiger partial charge is 0.233 e. The molecule has 1 aromatic heterocycles. The summed E-state index contributed by atoms with van der Waals surface area (Å²) in [5.74, 6) is 1.58. The Labute approximate surface area is 157 Å². The van der Waals surface area contributed by atoms with Gasteiger partial charge in [0.25, 0.3) is 0 Å². The summed E-state index contributed by atoms with van der Waals surface area (Å²) in [6, 6.07) is 5.66. The van der Waals surface area contributed by atoms with E-state index in [0.717, 1.165) is 0 Å². The van der Waals surface area contributed by atoms with Gasteiger partial charge in [0.15, 0.2) is 0 Å². The van der Waals surface area contributed by atoms with E-state index in [9.17, 15) is 4.79 Å². The molecular formula is C17H25N5O3S. The summed E-state index contributed by atoms with van der Waals surface area (Å²) in [6.07, 6.45) is 0. The molecule has 0 spiro atoms. The Bertz CT molecular complexity index is 717. The number of rotatable bonds is 8. The van der Waals surface area contributed by atoms with Crippen LogP contribution < -0.4 is 9.47 Å². The zero-order valence-electron chi connectivity index (χ0n) is 16.0. The SMILES string of the molecule is COc1cc(OC)cc(-n2nnnc2SCC(=O)N(C(C)C)C(C)C)c1. The number of methoxy groups -OCH3 is 2. The maximum absolute atomic E-state index is 12.6. The molecule has 9 heteroatoms. The number of hydrogen-bond donors (Lipinski definition) is 0. The summed E-state index contributed by atoms with van der Waals surface area (Å²) in [4.78, 5) is 14.4. The normalized spacial score (nSPS) is 11.1. The molecule has 1 heterocycles. The van der Waals surface area contributed by atoms with Crippen LogP contribution in [0.3, 0.4) is 0 Å². The molecule has 0 aliphatic rings. The molecule has 0 fully saturated rings. The Morgan fingerprint density at radius 1 is 1.12 bits per heavy atom. The molecule has 2 aromatic rings. The van der Waals surface area contributed by atoms with Gasteiger partial charge in [0.05, 0.1) is 25.7 Å². The van der Waals surface area contributed by atoms with Crippen LogP contribution in [0.1, 0.15) is 27.7 Å². The number of aromatic nitrogens is 4. The van der Waals surface area contributed by atoms with Gasteiger partial charge < -0.3 is 14.4 Å². The van der Waals surface area contributed by atoms with Crippen LogP contribution in [0.5, 0.6) is 11.5 Å². The van der Waals surface area contributed by atoms with Crippen LogP contribution in [-0.2, 0) is 4.79 Å². The Kier molecular flexibility index (Phi) is 6.84. The minimum atomic E-state index is 0.0535. The fraction of sp³-hybridized carbons (Fsp3) is 0.529. The number of carbonyl (C=O) groups excluding carboxylic acids is 1. The van der Waals surface area contributed by atoms with E-state index in [4.69, 9.17) is 9.47 Å². The quantitative estimate of drug-likeness (QED) is 0.651. The zero-order chi connectivity index (χ0) is 19.3. The molecule has 0 N–H and O–H groups in total. The maximum atomic E-state index is 12.6. The molecular weight excluding hydrogens is 354 g/mol. The Morgan fingerprint density at radius 3 is 2.19 bits per heavy atom. The average Bonchev–Trinajstić information content (AvgIpc) is 3.07. The van der Waals surface area contributed by atoms with E-state index in [1.165, 1.54) is 11.8 Å². The largest absolute Gasteiger partial charge is 0.497 e. The van der Waals surface area contributed by atoms with E-state index >= 15 is 0 Å². The first-order valence-electron chi connectivity index (χ1n) is 8.33. The van der Waals surface area contributed by atoms with E-state index < -0.39 is 0 Å². The van der Waals surface area contributed by atoms with Crippen molar-refractivity contribution in [2.24, 2.45) is 0 Å². The highest BCUT2D eigenvalue weighted by Gasteiger charge is 2.21. The van der Waals surface area contributed by atoms with Gasteiger partial charge in [-0.05, 0) is 38.1 Å². The minimum absolute atomic E-state index is 0.0535. The third-order valence-electron chi connectivity index (χ3n) is 3.75. The second-order valence-electron chi connectivity index (χ2n) is 6.22. The highest BCUT2D eigenvalue weighted by molar-refractivity contribution is 7.99. The third-order valence-corrected chi connectivity index (χ3v) is 4.65. The average molecular weight is 379 g/mol.